The number of ether oxygens (including phenoxy) is 3. The molecule has 23 heavy (non-hydrogen) atoms. The Morgan fingerprint density at radius 3 is 2.78 bits per heavy atom. The zero-order valence-electron chi connectivity index (χ0n) is 13.2. The molecule has 1 aromatic carbocycles. The van der Waals surface area contributed by atoms with Gasteiger partial charge < -0.3 is 19.3 Å². The molecule has 0 aliphatic carbocycles. The van der Waals surface area contributed by atoms with Gasteiger partial charge in [-0.1, -0.05) is 11.6 Å². The van der Waals surface area contributed by atoms with Crippen LogP contribution in [0.15, 0.2) is 12.1 Å². The molecule has 7 heteroatoms. The van der Waals surface area contributed by atoms with Gasteiger partial charge in [-0.25, -0.2) is 0 Å². The number of carboxylic acid groups (broad SMARTS) is 1. The molecule has 0 spiro atoms. The maximum atomic E-state index is 10.7. The third kappa shape index (κ3) is 5.57. The van der Waals surface area contributed by atoms with Crippen molar-refractivity contribution < 1.29 is 24.1 Å². The Bertz CT molecular complexity index is 531. The third-order valence-electron chi connectivity index (χ3n) is 3.67. The third-order valence-corrected chi connectivity index (χ3v) is 3.96. The number of benzene rings is 1. The Hall–Kier alpha value is -1.50. The topological polar surface area (TPSA) is 68.2 Å². The van der Waals surface area contributed by atoms with E-state index in [1.165, 1.54) is 0 Å². The van der Waals surface area contributed by atoms with Gasteiger partial charge in [-0.3, -0.25) is 9.69 Å². The fourth-order valence-electron chi connectivity index (χ4n) is 2.41. The Morgan fingerprint density at radius 1 is 1.39 bits per heavy atom. The zero-order valence-corrected chi connectivity index (χ0v) is 14.0. The van der Waals surface area contributed by atoms with E-state index in [-0.39, 0.29) is 6.42 Å². The minimum atomic E-state index is -0.842. The molecule has 1 fully saturated rings. The summed E-state index contributed by atoms with van der Waals surface area (Å²) in [5.41, 5.74) is 0.815. The number of methoxy groups -OCH3 is 1. The van der Waals surface area contributed by atoms with Gasteiger partial charge in [0.25, 0.3) is 0 Å². The molecule has 0 aromatic heterocycles. The molecule has 1 N–H and O–H groups in total. The van der Waals surface area contributed by atoms with Crippen molar-refractivity contribution in [2.75, 3.05) is 46.6 Å². The summed E-state index contributed by atoms with van der Waals surface area (Å²) in [5.74, 6) is 0.187. The van der Waals surface area contributed by atoms with Crippen LogP contribution in [0.2, 0.25) is 5.02 Å². The second-order valence-corrected chi connectivity index (χ2v) is 5.71. The van der Waals surface area contributed by atoms with Crippen LogP contribution >= 0.6 is 11.6 Å². The summed E-state index contributed by atoms with van der Waals surface area (Å²) in [6.07, 6.45) is 0.455. The molecule has 0 atom stereocenters. The highest BCUT2D eigenvalue weighted by Gasteiger charge is 2.14. The van der Waals surface area contributed by atoms with Crippen LogP contribution in [0.1, 0.15) is 12.0 Å². The molecule has 0 unspecified atom stereocenters. The number of carboxylic acids is 1. The molecule has 0 bridgehead atoms. The highest BCUT2D eigenvalue weighted by Crippen LogP contribution is 2.36. The van der Waals surface area contributed by atoms with Crippen molar-refractivity contribution in [3.05, 3.63) is 22.7 Å². The Labute approximate surface area is 140 Å². The number of rotatable bonds is 8. The molecule has 1 aliphatic rings. The predicted molar refractivity (Wildman–Crippen MR) is 86.7 cm³/mol. The number of aryl methyl sites for hydroxylation is 1. The van der Waals surface area contributed by atoms with Crippen LogP contribution < -0.4 is 9.47 Å². The largest absolute Gasteiger partial charge is 0.493 e. The van der Waals surface area contributed by atoms with Crippen LogP contribution in [0.3, 0.4) is 0 Å². The van der Waals surface area contributed by atoms with E-state index in [1.54, 1.807) is 19.2 Å². The van der Waals surface area contributed by atoms with Crippen LogP contribution in [-0.4, -0.2) is 62.5 Å². The van der Waals surface area contributed by atoms with E-state index in [4.69, 9.17) is 30.9 Å². The van der Waals surface area contributed by atoms with Gasteiger partial charge >= 0.3 is 5.97 Å². The minimum Gasteiger partial charge on any atom is -0.493 e. The van der Waals surface area contributed by atoms with Gasteiger partial charge in [0.05, 0.1) is 25.3 Å². The maximum absolute atomic E-state index is 10.7. The van der Waals surface area contributed by atoms with Gasteiger partial charge in [0.2, 0.25) is 0 Å². The highest BCUT2D eigenvalue weighted by atomic mass is 35.5. The molecule has 1 aromatic rings. The van der Waals surface area contributed by atoms with Gasteiger partial charge in [0, 0.05) is 26.1 Å². The number of morpholine rings is 1. The summed E-state index contributed by atoms with van der Waals surface area (Å²) >= 11 is 6.26. The number of halogens is 1. The van der Waals surface area contributed by atoms with E-state index < -0.39 is 5.97 Å². The molecule has 0 amide bonds. The van der Waals surface area contributed by atoms with Crippen molar-refractivity contribution in [1.29, 1.82) is 0 Å². The molecule has 2 rings (SSSR count). The van der Waals surface area contributed by atoms with Crippen molar-refractivity contribution in [3.63, 3.8) is 0 Å². The van der Waals surface area contributed by atoms with Crippen molar-refractivity contribution >= 4 is 17.6 Å². The van der Waals surface area contributed by atoms with Crippen molar-refractivity contribution in [2.24, 2.45) is 0 Å². The monoisotopic (exact) mass is 343 g/mol. The molecule has 1 aliphatic heterocycles. The Kier molecular flexibility index (Phi) is 6.95. The molecule has 128 valence electrons. The van der Waals surface area contributed by atoms with E-state index in [9.17, 15) is 4.79 Å². The fraction of sp³-hybridized carbons (Fsp3) is 0.562. The maximum Gasteiger partial charge on any atom is 0.303 e. The number of carbonyl (C=O) groups is 1. The molecule has 0 saturated carbocycles. The van der Waals surface area contributed by atoms with E-state index >= 15 is 0 Å². The normalized spacial score (nSPS) is 15.4. The lowest BCUT2D eigenvalue weighted by molar-refractivity contribution is -0.136. The molecule has 0 radical (unpaired) electrons. The second kappa shape index (κ2) is 8.96. The Balaban J connectivity index is 1.95. The number of hydrogen-bond donors (Lipinski definition) is 1. The quantitative estimate of drug-likeness (QED) is 0.779. The van der Waals surface area contributed by atoms with E-state index in [0.717, 1.165) is 38.4 Å². The molecular formula is C16H22ClNO5. The van der Waals surface area contributed by atoms with E-state index in [1.807, 2.05) is 0 Å². The highest BCUT2D eigenvalue weighted by molar-refractivity contribution is 6.32. The lowest BCUT2D eigenvalue weighted by atomic mass is 10.1. The standard InChI is InChI=1S/C16H22ClNO5/c1-21-14-11-12(2-3-15(19)20)10-13(17)16(14)23-9-6-18-4-7-22-8-5-18/h10-11H,2-9H2,1H3,(H,19,20). The zero-order chi connectivity index (χ0) is 16.7. The first-order valence-electron chi connectivity index (χ1n) is 7.61. The lowest BCUT2D eigenvalue weighted by Gasteiger charge is -2.26. The molecule has 6 nitrogen and oxygen atoms in total. The fourth-order valence-corrected chi connectivity index (χ4v) is 2.70. The molecule has 1 saturated heterocycles. The summed E-state index contributed by atoms with van der Waals surface area (Å²) in [7, 11) is 1.54. The first-order valence-corrected chi connectivity index (χ1v) is 7.99. The number of nitrogens with zero attached hydrogens (tertiary/aromatic N) is 1. The predicted octanol–water partition coefficient (Wildman–Crippen LogP) is 2.08. The van der Waals surface area contributed by atoms with Gasteiger partial charge in [-0.2, -0.15) is 0 Å². The molecule has 1 heterocycles. The summed E-state index contributed by atoms with van der Waals surface area (Å²) in [4.78, 5) is 12.9. The smallest absolute Gasteiger partial charge is 0.303 e. The van der Waals surface area contributed by atoms with Gasteiger partial charge in [0.1, 0.15) is 6.61 Å². The summed E-state index contributed by atoms with van der Waals surface area (Å²) in [6.45, 7) is 4.61. The van der Waals surface area contributed by atoms with Crippen LogP contribution in [-0.2, 0) is 16.0 Å². The number of hydrogen-bond acceptors (Lipinski definition) is 5. The summed E-state index contributed by atoms with van der Waals surface area (Å²) in [5, 5.41) is 9.20. The average Bonchev–Trinajstić information content (AvgIpc) is 2.55. The first-order chi connectivity index (χ1) is 11.1. The first kappa shape index (κ1) is 17.8. The Morgan fingerprint density at radius 2 is 2.13 bits per heavy atom. The summed E-state index contributed by atoms with van der Waals surface area (Å²) < 4.78 is 16.4. The molecular weight excluding hydrogens is 322 g/mol. The van der Waals surface area contributed by atoms with Crippen LogP contribution in [0.5, 0.6) is 11.5 Å². The lowest BCUT2D eigenvalue weighted by Crippen LogP contribution is -2.38. The SMILES string of the molecule is COc1cc(CCC(=O)O)cc(Cl)c1OCCN1CCOCC1. The van der Waals surface area contributed by atoms with Crippen LogP contribution in [0, 0.1) is 0 Å². The second-order valence-electron chi connectivity index (χ2n) is 5.31. The van der Waals surface area contributed by atoms with Gasteiger partial charge in [0.15, 0.2) is 11.5 Å². The van der Waals surface area contributed by atoms with Crippen LogP contribution in [0.4, 0.5) is 0 Å². The minimum absolute atomic E-state index is 0.0523. The van der Waals surface area contributed by atoms with Crippen molar-refractivity contribution in [3.8, 4) is 11.5 Å². The van der Waals surface area contributed by atoms with Crippen molar-refractivity contribution in [1.82, 2.24) is 4.90 Å². The van der Waals surface area contributed by atoms with Gasteiger partial charge in [-0.15, -0.1) is 0 Å². The van der Waals surface area contributed by atoms with Crippen LogP contribution in [0.25, 0.3) is 0 Å². The van der Waals surface area contributed by atoms with E-state index in [2.05, 4.69) is 4.90 Å². The summed E-state index contributed by atoms with van der Waals surface area (Å²) in [6, 6.07) is 3.51. The number of aliphatic carboxylic acids is 1. The van der Waals surface area contributed by atoms with Gasteiger partial charge in [-0.05, 0) is 24.1 Å². The van der Waals surface area contributed by atoms with E-state index in [0.29, 0.717) is 29.5 Å². The van der Waals surface area contributed by atoms with Crippen molar-refractivity contribution in [2.45, 2.75) is 12.8 Å². The average molecular weight is 344 g/mol.